The Labute approximate surface area is 163 Å². The van der Waals surface area contributed by atoms with E-state index in [9.17, 15) is 18.0 Å². The number of benzene rings is 1. The number of esters is 1. The molecule has 1 fully saturated rings. The van der Waals surface area contributed by atoms with Crippen LogP contribution < -0.4 is 0 Å². The first-order chi connectivity index (χ1) is 12.7. The van der Waals surface area contributed by atoms with E-state index in [1.165, 1.54) is 11.3 Å². The van der Waals surface area contributed by atoms with Crippen LogP contribution in [0.3, 0.4) is 0 Å². The number of amides is 1. The van der Waals surface area contributed by atoms with Crippen molar-refractivity contribution < 1.29 is 22.7 Å². The summed E-state index contributed by atoms with van der Waals surface area (Å²) in [6, 6.07) is 9.05. The van der Waals surface area contributed by atoms with Crippen LogP contribution >= 0.6 is 11.3 Å². The summed E-state index contributed by atoms with van der Waals surface area (Å²) in [7, 11) is -3.10. The molecule has 6 nitrogen and oxygen atoms in total. The van der Waals surface area contributed by atoms with Crippen LogP contribution in [0.2, 0.25) is 0 Å². The summed E-state index contributed by atoms with van der Waals surface area (Å²) in [5.41, 5.74) is 0. The molecule has 0 aliphatic carbocycles. The van der Waals surface area contributed by atoms with Crippen molar-refractivity contribution in [2.24, 2.45) is 5.92 Å². The maximum Gasteiger partial charge on any atom is 0.348 e. The third-order valence-electron chi connectivity index (χ3n) is 4.48. The quantitative estimate of drug-likeness (QED) is 0.686. The third kappa shape index (κ3) is 4.87. The van der Waals surface area contributed by atoms with Gasteiger partial charge >= 0.3 is 5.97 Å². The highest BCUT2D eigenvalue weighted by Crippen LogP contribution is 2.26. The molecular weight excluding hydrogens is 386 g/mol. The molecule has 0 unspecified atom stereocenters. The van der Waals surface area contributed by atoms with Gasteiger partial charge in [0.25, 0.3) is 5.91 Å². The lowest BCUT2D eigenvalue weighted by Crippen LogP contribution is -2.45. The van der Waals surface area contributed by atoms with E-state index in [1.807, 2.05) is 38.1 Å². The van der Waals surface area contributed by atoms with E-state index in [0.29, 0.717) is 17.8 Å². The number of nitrogens with zero attached hydrogens (tertiary/aromatic N) is 1. The highest BCUT2D eigenvalue weighted by atomic mass is 32.2. The first kappa shape index (κ1) is 19.8. The average molecular weight is 410 g/mol. The molecule has 0 bridgehead atoms. The Kier molecular flexibility index (Phi) is 5.86. The Bertz CT molecular complexity index is 915. The van der Waals surface area contributed by atoms with Gasteiger partial charge in [-0.05, 0) is 29.9 Å². The minimum atomic E-state index is -3.10. The number of sulfone groups is 1. The van der Waals surface area contributed by atoms with E-state index >= 15 is 0 Å². The second-order valence-corrected chi connectivity index (χ2v) is 10.5. The van der Waals surface area contributed by atoms with Crippen molar-refractivity contribution in [3.63, 3.8) is 0 Å². The lowest BCUT2D eigenvalue weighted by molar-refractivity contribution is -0.137. The molecule has 1 aliphatic heterocycles. The Hall–Kier alpha value is -1.93. The van der Waals surface area contributed by atoms with Crippen LogP contribution in [0.5, 0.6) is 0 Å². The second kappa shape index (κ2) is 7.98. The molecule has 2 heterocycles. The number of hydrogen-bond acceptors (Lipinski definition) is 6. The van der Waals surface area contributed by atoms with Crippen molar-refractivity contribution >= 4 is 43.1 Å². The summed E-state index contributed by atoms with van der Waals surface area (Å²) in [5.74, 6) is -0.611. The molecule has 1 atom stereocenters. The van der Waals surface area contributed by atoms with Crippen molar-refractivity contribution in [2.75, 3.05) is 24.7 Å². The summed E-state index contributed by atoms with van der Waals surface area (Å²) in [5, 5.41) is 0.957. The molecule has 1 aliphatic rings. The Morgan fingerprint density at radius 3 is 2.67 bits per heavy atom. The molecule has 1 aromatic heterocycles. The minimum absolute atomic E-state index is 0.0181. The molecule has 1 aromatic carbocycles. The summed E-state index contributed by atoms with van der Waals surface area (Å²) in [4.78, 5) is 27.0. The van der Waals surface area contributed by atoms with Gasteiger partial charge in [0.15, 0.2) is 16.4 Å². The van der Waals surface area contributed by atoms with Crippen molar-refractivity contribution in [2.45, 2.75) is 26.3 Å². The zero-order valence-electron chi connectivity index (χ0n) is 15.4. The van der Waals surface area contributed by atoms with E-state index in [-0.39, 0.29) is 36.0 Å². The van der Waals surface area contributed by atoms with E-state index in [2.05, 4.69) is 0 Å². The molecule has 0 saturated carbocycles. The number of fused-ring (bicyclic) bond motifs is 1. The number of thiophene rings is 1. The van der Waals surface area contributed by atoms with Gasteiger partial charge in [0.2, 0.25) is 0 Å². The monoisotopic (exact) mass is 409 g/mol. The van der Waals surface area contributed by atoms with Crippen molar-refractivity contribution in [3.8, 4) is 0 Å². The molecule has 0 spiro atoms. The zero-order valence-corrected chi connectivity index (χ0v) is 17.0. The van der Waals surface area contributed by atoms with Gasteiger partial charge in [-0.25, -0.2) is 13.2 Å². The molecule has 8 heteroatoms. The summed E-state index contributed by atoms with van der Waals surface area (Å²) in [6.45, 7) is 4.00. The number of ether oxygens (including phenoxy) is 1. The predicted molar refractivity (Wildman–Crippen MR) is 106 cm³/mol. The lowest BCUT2D eigenvalue weighted by atomic mass is 10.1. The SMILES string of the molecule is CC(C)CN(C(=O)COC(=O)c1cc2ccccc2s1)[C@@H]1CCS(=O)(=O)C1. The fourth-order valence-corrected chi connectivity index (χ4v) is 5.92. The summed E-state index contributed by atoms with van der Waals surface area (Å²) >= 11 is 1.32. The van der Waals surface area contributed by atoms with Crippen LogP contribution in [0.1, 0.15) is 29.9 Å². The molecule has 1 saturated heterocycles. The fourth-order valence-electron chi connectivity index (χ4n) is 3.23. The van der Waals surface area contributed by atoms with Crippen LogP contribution in [-0.4, -0.2) is 55.9 Å². The van der Waals surface area contributed by atoms with Crippen LogP contribution in [0.4, 0.5) is 0 Å². The minimum Gasteiger partial charge on any atom is -0.451 e. The van der Waals surface area contributed by atoms with Gasteiger partial charge in [-0.15, -0.1) is 11.3 Å². The van der Waals surface area contributed by atoms with Gasteiger partial charge in [0.1, 0.15) is 4.88 Å². The second-order valence-electron chi connectivity index (χ2n) is 7.22. The van der Waals surface area contributed by atoms with Gasteiger partial charge in [0.05, 0.1) is 11.5 Å². The maximum atomic E-state index is 12.6. The van der Waals surface area contributed by atoms with E-state index in [4.69, 9.17) is 4.74 Å². The lowest BCUT2D eigenvalue weighted by Gasteiger charge is -2.29. The standard InChI is InChI=1S/C19H23NO5S2/c1-13(2)10-20(15-7-8-27(23,24)12-15)18(21)11-25-19(22)17-9-14-5-3-4-6-16(14)26-17/h3-6,9,13,15H,7-8,10-12H2,1-2H3/t15-/m1/s1. The van der Waals surface area contributed by atoms with Crippen molar-refractivity contribution in [1.82, 2.24) is 4.90 Å². The van der Waals surface area contributed by atoms with Gasteiger partial charge < -0.3 is 9.64 Å². The molecular formula is C19H23NO5S2. The largest absolute Gasteiger partial charge is 0.451 e. The number of carbonyl (C=O) groups excluding carboxylic acids is 2. The van der Waals surface area contributed by atoms with Gasteiger partial charge in [-0.3, -0.25) is 4.79 Å². The molecule has 146 valence electrons. The Morgan fingerprint density at radius 2 is 2.04 bits per heavy atom. The molecule has 27 heavy (non-hydrogen) atoms. The van der Waals surface area contributed by atoms with Crippen LogP contribution in [0, 0.1) is 5.92 Å². The van der Waals surface area contributed by atoms with E-state index in [0.717, 1.165) is 10.1 Å². The highest BCUT2D eigenvalue weighted by molar-refractivity contribution is 7.91. The topological polar surface area (TPSA) is 80.8 Å². The first-order valence-corrected chi connectivity index (χ1v) is 11.5. The number of rotatable bonds is 6. The summed E-state index contributed by atoms with van der Waals surface area (Å²) < 4.78 is 29.7. The predicted octanol–water partition coefficient (Wildman–Crippen LogP) is 2.73. The fraction of sp³-hybridized carbons (Fsp3) is 0.474. The molecule has 0 N–H and O–H groups in total. The van der Waals surface area contributed by atoms with Crippen LogP contribution in [0.25, 0.3) is 10.1 Å². The van der Waals surface area contributed by atoms with Gasteiger partial charge in [0, 0.05) is 17.3 Å². The van der Waals surface area contributed by atoms with Gasteiger partial charge in [-0.1, -0.05) is 32.0 Å². The van der Waals surface area contributed by atoms with Crippen molar-refractivity contribution in [1.29, 1.82) is 0 Å². The number of carbonyl (C=O) groups is 2. The Balaban J connectivity index is 1.65. The van der Waals surface area contributed by atoms with Crippen LogP contribution in [0.15, 0.2) is 30.3 Å². The van der Waals surface area contributed by atoms with Gasteiger partial charge in [-0.2, -0.15) is 0 Å². The Morgan fingerprint density at radius 1 is 1.30 bits per heavy atom. The summed E-state index contributed by atoms with van der Waals surface area (Å²) in [6.07, 6.45) is 0.436. The molecule has 0 radical (unpaired) electrons. The van der Waals surface area contributed by atoms with E-state index < -0.39 is 15.8 Å². The first-order valence-electron chi connectivity index (χ1n) is 8.91. The maximum absolute atomic E-state index is 12.6. The highest BCUT2D eigenvalue weighted by Gasteiger charge is 2.35. The molecule has 3 rings (SSSR count). The normalized spacial score (nSPS) is 18.7. The van der Waals surface area contributed by atoms with Crippen LogP contribution in [-0.2, 0) is 19.4 Å². The number of hydrogen-bond donors (Lipinski definition) is 0. The average Bonchev–Trinajstić information content (AvgIpc) is 3.20. The third-order valence-corrected chi connectivity index (χ3v) is 7.33. The molecule has 2 aromatic rings. The smallest absolute Gasteiger partial charge is 0.348 e. The zero-order chi connectivity index (χ0) is 19.6. The molecule has 1 amide bonds. The van der Waals surface area contributed by atoms with Crippen molar-refractivity contribution in [3.05, 3.63) is 35.2 Å². The van der Waals surface area contributed by atoms with E-state index in [1.54, 1.807) is 11.0 Å².